The minimum atomic E-state index is 0.289. The average Bonchev–Trinajstić information content (AvgIpc) is 3.21. The van der Waals surface area contributed by atoms with Gasteiger partial charge in [0.1, 0.15) is 11.3 Å². The van der Waals surface area contributed by atoms with E-state index in [0.717, 1.165) is 21.0 Å². The van der Waals surface area contributed by atoms with Crippen LogP contribution in [0, 0.1) is 13.8 Å². The highest BCUT2D eigenvalue weighted by molar-refractivity contribution is 8.00. The molecule has 0 fully saturated rings. The first kappa shape index (κ1) is 15.1. The van der Waals surface area contributed by atoms with E-state index in [1.165, 1.54) is 23.1 Å². The van der Waals surface area contributed by atoms with Crippen molar-refractivity contribution in [2.75, 3.05) is 0 Å². The van der Waals surface area contributed by atoms with E-state index in [4.69, 9.17) is 4.42 Å². The third kappa shape index (κ3) is 2.74. The summed E-state index contributed by atoms with van der Waals surface area (Å²) < 4.78 is 6.66. The molecule has 0 atom stereocenters. The zero-order valence-electron chi connectivity index (χ0n) is 12.8. The third-order valence-electron chi connectivity index (χ3n) is 3.46. The van der Waals surface area contributed by atoms with E-state index in [0.29, 0.717) is 22.3 Å². The molecule has 120 valence electrons. The Balaban J connectivity index is 1.73. The van der Waals surface area contributed by atoms with Crippen molar-refractivity contribution >= 4 is 34.3 Å². The van der Waals surface area contributed by atoms with Gasteiger partial charge in [-0.3, -0.25) is 0 Å². The summed E-state index contributed by atoms with van der Waals surface area (Å²) >= 11 is 2.92. The molecule has 3 heterocycles. The second kappa shape index (κ2) is 5.88. The van der Waals surface area contributed by atoms with Gasteiger partial charge in [-0.15, -0.1) is 11.3 Å². The van der Waals surface area contributed by atoms with Gasteiger partial charge in [0.2, 0.25) is 5.89 Å². The minimum Gasteiger partial charge on any atom is -0.507 e. The average molecular weight is 356 g/mol. The summed E-state index contributed by atoms with van der Waals surface area (Å²) in [6.45, 7) is 3.69. The Morgan fingerprint density at radius 2 is 1.92 bits per heavy atom. The number of aryl methyl sites for hydroxylation is 2. The van der Waals surface area contributed by atoms with E-state index < -0.39 is 0 Å². The lowest BCUT2D eigenvalue weighted by Crippen LogP contribution is -1.85. The van der Waals surface area contributed by atoms with Gasteiger partial charge in [0.15, 0.2) is 9.50 Å². The Morgan fingerprint density at radius 1 is 1.12 bits per heavy atom. The fraction of sp³-hybridized carbons (Fsp3) is 0.125. The van der Waals surface area contributed by atoms with Gasteiger partial charge in [-0.1, -0.05) is 0 Å². The molecule has 0 saturated carbocycles. The molecule has 0 saturated heterocycles. The van der Waals surface area contributed by atoms with Crippen LogP contribution >= 0.6 is 23.1 Å². The molecular formula is C16H12N4O2S2. The zero-order chi connectivity index (χ0) is 16.7. The first-order valence-corrected chi connectivity index (χ1v) is 8.81. The molecule has 0 aliphatic rings. The molecule has 1 aromatic carbocycles. The van der Waals surface area contributed by atoms with Crippen LogP contribution in [0.2, 0.25) is 0 Å². The lowest BCUT2D eigenvalue weighted by molar-refractivity contribution is 0.467. The number of rotatable bonds is 3. The number of phenols is 1. The van der Waals surface area contributed by atoms with E-state index >= 15 is 0 Å². The van der Waals surface area contributed by atoms with E-state index in [1.54, 1.807) is 12.4 Å². The monoisotopic (exact) mass is 356 g/mol. The fourth-order valence-electron chi connectivity index (χ4n) is 2.31. The molecule has 0 radical (unpaired) electrons. The number of aromatic hydroxyl groups is 1. The highest BCUT2D eigenvalue weighted by Gasteiger charge is 2.14. The Kier molecular flexibility index (Phi) is 3.70. The first-order chi connectivity index (χ1) is 11.6. The fourth-order valence-corrected chi connectivity index (χ4v) is 3.76. The van der Waals surface area contributed by atoms with E-state index in [9.17, 15) is 5.11 Å². The molecular weight excluding hydrogens is 344 g/mol. The van der Waals surface area contributed by atoms with Crippen LogP contribution in [0.5, 0.6) is 5.75 Å². The van der Waals surface area contributed by atoms with Crippen molar-refractivity contribution in [3.63, 3.8) is 0 Å². The molecule has 4 rings (SSSR count). The van der Waals surface area contributed by atoms with Gasteiger partial charge in [-0.05, 0) is 48.9 Å². The molecule has 0 aliphatic carbocycles. The molecule has 8 heteroatoms. The third-order valence-corrected chi connectivity index (χ3v) is 5.22. The molecule has 4 aromatic rings. The summed E-state index contributed by atoms with van der Waals surface area (Å²) in [4.78, 5) is 17.3. The van der Waals surface area contributed by atoms with E-state index in [-0.39, 0.29) is 5.75 Å². The zero-order valence-corrected chi connectivity index (χ0v) is 14.5. The van der Waals surface area contributed by atoms with Gasteiger partial charge in [0, 0.05) is 17.1 Å². The Morgan fingerprint density at radius 3 is 2.62 bits per heavy atom. The first-order valence-electron chi connectivity index (χ1n) is 7.11. The summed E-state index contributed by atoms with van der Waals surface area (Å²) in [5, 5.41) is 12.4. The highest BCUT2D eigenvalue weighted by atomic mass is 32.2. The van der Waals surface area contributed by atoms with Gasteiger partial charge in [0.25, 0.3) is 5.71 Å². The molecule has 0 unspecified atom stereocenters. The largest absolute Gasteiger partial charge is 0.507 e. The van der Waals surface area contributed by atoms with Crippen LogP contribution in [0.4, 0.5) is 0 Å². The standard InChI is InChI=1S/C16H12N4O2S2/c1-8-5-10(6-9(2)12(8)21)13-19-11-7-18-15(20-14(11)22-13)24-16-17-3-4-23-16/h3-7,21H,1-2H3. The second-order valence-corrected chi connectivity index (χ2v) is 7.33. The molecule has 1 N–H and O–H groups in total. The summed E-state index contributed by atoms with van der Waals surface area (Å²) in [6.07, 6.45) is 3.39. The summed E-state index contributed by atoms with van der Waals surface area (Å²) in [5.74, 6) is 0.749. The summed E-state index contributed by atoms with van der Waals surface area (Å²) in [5.41, 5.74) is 3.38. The van der Waals surface area contributed by atoms with Crippen LogP contribution in [-0.4, -0.2) is 25.0 Å². The van der Waals surface area contributed by atoms with Crippen molar-refractivity contribution in [1.82, 2.24) is 19.9 Å². The van der Waals surface area contributed by atoms with Crippen LogP contribution in [0.15, 0.2) is 43.8 Å². The maximum atomic E-state index is 9.90. The smallest absolute Gasteiger partial charge is 0.251 e. The van der Waals surface area contributed by atoms with Gasteiger partial charge in [-0.2, -0.15) is 4.98 Å². The number of thiazole rings is 1. The van der Waals surface area contributed by atoms with E-state index in [2.05, 4.69) is 19.9 Å². The minimum absolute atomic E-state index is 0.289. The van der Waals surface area contributed by atoms with Crippen LogP contribution in [0.1, 0.15) is 11.1 Å². The molecule has 0 bridgehead atoms. The van der Waals surface area contributed by atoms with Crippen LogP contribution in [0.3, 0.4) is 0 Å². The predicted octanol–water partition coefficient (Wildman–Crippen LogP) is 4.21. The second-order valence-electron chi connectivity index (χ2n) is 5.22. The molecule has 0 spiro atoms. The molecule has 0 aliphatic heterocycles. The summed E-state index contributed by atoms with van der Waals surface area (Å²) in [6, 6.07) is 3.68. The van der Waals surface area contributed by atoms with E-state index in [1.807, 2.05) is 31.4 Å². The molecule has 6 nitrogen and oxygen atoms in total. The van der Waals surface area contributed by atoms with Gasteiger partial charge in [0.05, 0.1) is 6.20 Å². The van der Waals surface area contributed by atoms with Crippen molar-refractivity contribution in [3.05, 3.63) is 41.0 Å². The normalized spacial score (nSPS) is 11.2. The lowest BCUT2D eigenvalue weighted by Gasteiger charge is -2.04. The molecule has 24 heavy (non-hydrogen) atoms. The number of nitrogens with zero attached hydrogens (tertiary/aromatic N) is 4. The Hall–Kier alpha value is -2.45. The van der Waals surface area contributed by atoms with Crippen molar-refractivity contribution in [1.29, 1.82) is 0 Å². The van der Waals surface area contributed by atoms with Crippen molar-refractivity contribution in [2.45, 2.75) is 23.3 Å². The number of hydrogen-bond donors (Lipinski definition) is 1. The SMILES string of the molecule is Cc1cc(-c2nc3cnc(Sc4nccs4)nc3o2)cc(C)c1O. The molecule has 3 aromatic heterocycles. The number of aromatic nitrogens is 4. The van der Waals surface area contributed by atoms with Crippen molar-refractivity contribution in [2.24, 2.45) is 0 Å². The number of benzene rings is 1. The number of oxazole rings is 1. The topological polar surface area (TPSA) is 84.9 Å². The van der Waals surface area contributed by atoms with Gasteiger partial charge < -0.3 is 9.52 Å². The quantitative estimate of drug-likeness (QED) is 0.550. The lowest BCUT2D eigenvalue weighted by atomic mass is 10.1. The predicted molar refractivity (Wildman–Crippen MR) is 92.4 cm³/mol. The number of hydrogen-bond acceptors (Lipinski definition) is 8. The number of fused-ring (bicyclic) bond motifs is 1. The maximum absolute atomic E-state index is 9.90. The molecule has 0 amide bonds. The van der Waals surface area contributed by atoms with Gasteiger partial charge in [-0.25, -0.2) is 15.0 Å². The summed E-state index contributed by atoms with van der Waals surface area (Å²) in [7, 11) is 0. The van der Waals surface area contributed by atoms with Crippen LogP contribution in [-0.2, 0) is 0 Å². The van der Waals surface area contributed by atoms with Crippen molar-refractivity contribution in [3.8, 4) is 17.2 Å². The number of phenolic OH excluding ortho intramolecular Hbond substituents is 1. The Labute approximate surface area is 145 Å². The highest BCUT2D eigenvalue weighted by Crippen LogP contribution is 2.31. The maximum Gasteiger partial charge on any atom is 0.251 e. The van der Waals surface area contributed by atoms with Crippen LogP contribution in [0.25, 0.3) is 22.7 Å². The van der Waals surface area contributed by atoms with Gasteiger partial charge >= 0.3 is 0 Å². The van der Waals surface area contributed by atoms with Crippen molar-refractivity contribution < 1.29 is 9.52 Å². The van der Waals surface area contributed by atoms with Crippen LogP contribution < -0.4 is 0 Å². The Bertz CT molecular complexity index is 1000.